The summed E-state index contributed by atoms with van der Waals surface area (Å²) in [5.41, 5.74) is 6.62. The monoisotopic (exact) mass is 178 g/mol. The molecule has 1 saturated heterocycles. The molecule has 0 aromatic carbocycles. The van der Waals surface area contributed by atoms with E-state index in [0.29, 0.717) is 0 Å². The summed E-state index contributed by atoms with van der Waals surface area (Å²) in [6, 6.07) is 0. The lowest BCUT2D eigenvalue weighted by atomic mass is 9.82. The fourth-order valence-electron chi connectivity index (χ4n) is 2.25. The van der Waals surface area contributed by atoms with Gasteiger partial charge in [0.15, 0.2) is 0 Å². The van der Waals surface area contributed by atoms with Crippen LogP contribution in [0.2, 0.25) is 0 Å². The number of nitrogens with one attached hydrogen (secondary N) is 1. The van der Waals surface area contributed by atoms with E-state index in [-0.39, 0.29) is 0 Å². The van der Waals surface area contributed by atoms with Gasteiger partial charge in [-0.25, -0.2) is 0 Å². The molecule has 2 nitrogen and oxygen atoms in total. The van der Waals surface area contributed by atoms with Crippen LogP contribution in [0.3, 0.4) is 0 Å². The summed E-state index contributed by atoms with van der Waals surface area (Å²) in [4.78, 5) is 0. The topological polar surface area (TPSA) is 38.0 Å². The maximum absolute atomic E-state index is 5.69. The molecule has 0 spiro atoms. The quantitative estimate of drug-likeness (QED) is 0.637. The molecule has 1 heterocycles. The fourth-order valence-corrected chi connectivity index (χ4v) is 2.25. The average molecular weight is 178 g/mol. The molecule has 1 aliphatic carbocycles. The molecule has 0 amide bonds. The lowest BCUT2D eigenvalue weighted by Gasteiger charge is -2.29. The molecular weight excluding hydrogens is 160 g/mol. The zero-order valence-electron chi connectivity index (χ0n) is 8.00. The zero-order chi connectivity index (χ0) is 9.10. The molecule has 2 heteroatoms. The van der Waals surface area contributed by atoms with Gasteiger partial charge in [-0.05, 0) is 50.3 Å². The molecule has 1 fully saturated rings. The first-order valence-electron chi connectivity index (χ1n) is 5.21. The molecule has 2 rings (SSSR count). The van der Waals surface area contributed by atoms with Gasteiger partial charge < -0.3 is 11.1 Å². The molecular formula is C11H18N2. The summed E-state index contributed by atoms with van der Waals surface area (Å²) in [6.07, 6.45) is 10.3. The Morgan fingerprint density at radius 1 is 1.46 bits per heavy atom. The highest BCUT2D eigenvalue weighted by molar-refractivity contribution is 5.20. The van der Waals surface area contributed by atoms with E-state index < -0.39 is 0 Å². The van der Waals surface area contributed by atoms with Crippen LogP contribution >= 0.6 is 0 Å². The third-order valence-corrected chi connectivity index (χ3v) is 3.10. The summed E-state index contributed by atoms with van der Waals surface area (Å²) in [5.74, 6) is 1.55. The number of hydrogen-bond donors (Lipinski definition) is 2. The molecule has 0 aromatic rings. The zero-order valence-corrected chi connectivity index (χ0v) is 8.00. The summed E-state index contributed by atoms with van der Waals surface area (Å²) in [5, 5.41) is 3.46. The van der Waals surface area contributed by atoms with Gasteiger partial charge in [-0.15, -0.1) is 0 Å². The van der Waals surface area contributed by atoms with E-state index in [1.54, 1.807) is 0 Å². The van der Waals surface area contributed by atoms with Crippen molar-refractivity contribution in [1.82, 2.24) is 5.32 Å². The van der Waals surface area contributed by atoms with Crippen LogP contribution in [-0.2, 0) is 0 Å². The fraction of sp³-hybridized carbons (Fsp3) is 0.636. The van der Waals surface area contributed by atoms with Crippen LogP contribution in [0.25, 0.3) is 0 Å². The van der Waals surface area contributed by atoms with Gasteiger partial charge in [0.25, 0.3) is 0 Å². The molecule has 72 valence electrons. The van der Waals surface area contributed by atoms with Gasteiger partial charge in [0.05, 0.1) is 0 Å². The van der Waals surface area contributed by atoms with Crippen molar-refractivity contribution in [3.8, 4) is 0 Å². The van der Waals surface area contributed by atoms with E-state index in [4.69, 9.17) is 5.73 Å². The minimum Gasteiger partial charge on any atom is -0.399 e. The number of hydrogen-bond acceptors (Lipinski definition) is 2. The van der Waals surface area contributed by atoms with Crippen LogP contribution in [0.5, 0.6) is 0 Å². The number of piperidine rings is 1. The Balaban J connectivity index is 1.91. The minimum atomic E-state index is 0.722. The highest BCUT2D eigenvalue weighted by atomic mass is 14.9. The molecule has 1 unspecified atom stereocenters. The molecule has 0 saturated carbocycles. The van der Waals surface area contributed by atoms with E-state index in [1.165, 1.54) is 25.9 Å². The van der Waals surface area contributed by atoms with Crippen LogP contribution in [0.15, 0.2) is 23.9 Å². The number of nitrogens with two attached hydrogens (primary N) is 1. The van der Waals surface area contributed by atoms with Gasteiger partial charge >= 0.3 is 0 Å². The van der Waals surface area contributed by atoms with Gasteiger partial charge in [0.1, 0.15) is 0 Å². The van der Waals surface area contributed by atoms with E-state index >= 15 is 0 Å². The Kier molecular flexibility index (Phi) is 2.69. The largest absolute Gasteiger partial charge is 0.399 e. The van der Waals surface area contributed by atoms with Crippen LogP contribution in [0, 0.1) is 11.8 Å². The van der Waals surface area contributed by atoms with E-state index in [0.717, 1.165) is 24.0 Å². The number of rotatable bonds is 1. The van der Waals surface area contributed by atoms with Crippen LogP contribution < -0.4 is 11.1 Å². The molecule has 2 atom stereocenters. The Hall–Kier alpha value is -0.760. The first-order valence-corrected chi connectivity index (χ1v) is 5.21. The van der Waals surface area contributed by atoms with Gasteiger partial charge in [0.2, 0.25) is 0 Å². The summed E-state index contributed by atoms with van der Waals surface area (Å²) >= 11 is 0. The first-order chi connectivity index (χ1) is 6.36. The molecule has 13 heavy (non-hydrogen) atoms. The van der Waals surface area contributed by atoms with Crippen molar-refractivity contribution >= 4 is 0 Å². The maximum Gasteiger partial charge on any atom is 0.0270 e. The molecule has 2 aliphatic rings. The number of allylic oxidation sites excluding steroid dienone is 3. The second kappa shape index (κ2) is 3.97. The highest BCUT2D eigenvalue weighted by Crippen LogP contribution is 2.27. The van der Waals surface area contributed by atoms with Crippen molar-refractivity contribution in [3.63, 3.8) is 0 Å². The van der Waals surface area contributed by atoms with Gasteiger partial charge in [0, 0.05) is 5.70 Å². The van der Waals surface area contributed by atoms with Gasteiger partial charge in [-0.2, -0.15) is 0 Å². The Morgan fingerprint density at radius 2 is 2.38 bits per heavy atom. The van der Waals surface area contributed by atoms with E-state index in [1.807, 2.05) is 0 Å². The Morgan fingerprint density at radius 3 is 3.00 bits per heavy atom. The Bertz CT molecular complexity index is 224. The van der Waals surface area contributed by atoms with Crippen LogP contribution in [-0.4, -0.2) is 13.1 Å². The van der Waals surface area contributed by atoms with Crippen molar-refractivity contribution in [2.45, 2.75) is 19.3 Å². The summed E-state index contributed by atoms with van der Waals surface area (Å²) in [7, 11) is 0. The standard InChI is InChI=1S/C11H18N2/c12-11-5-3-9(4-6-11)10-2-1-7-13-8-10/h3,5-6,9-10,13H,1-2,4,7-8,12H2/t9-,10?/m1/s1. The van der Waals surface area contributed by atoms with Gasteiger partial charge in [-0.3, -0.25) is 0 Å². The third-order valence-electron chi connectivity index (χ3n) is 3.10. The lowest BCUT2D eigenvalue weighted by Crippen LogP contribution is -2.33. The summed E-state index contributed by atoms with van der Waals surface area (Å²) in [6.45, 7) is 2.38. The van der Waals surface area contributed by atoms with Crippen molar-refractivity contribution in [3.05, 3.63) is 23.9 Å². The van der Waals surface area contributed by atoms with Gasteiger partial charge in [-0.1, -0.05) is 12.2 Å². The average Bonchev–Trinajstić information content (AvgIpc) is 2.20. The predicted molar refractivity (Wildman–Crippen MR) is 55.1 cm³/mol. The van der Waals surface area contributed by atoms with Crippen LogP contribution in [0.1, 0.15) is 19.3 Å². The van der Waals surface area contributed by atoms with Crippen molar-refractivity contribution in [2.24, 2.45) is 17.6 Å². The second-order valence-electron chi connectivity index (χ2n) is 4.07. The molecule has 3 N–H and O–H groups in total. The minimum absolute atomic E-state index is 0.722. The molecule has 0 bridgehead atoms. The van der Waals surface area contributed by atoms with E-state index in [2.05, 4.69) is 23.5 Å². The predicted octanol–water partition coefficient (Wildman–Crippen LogP) is 1.40. The van der Waals surface area contributed by atoms with Crippen molar-refractivity contribution in [1.29, 1.82) is 0 Å². The normalized spacial score (nSPS) is 34.3. The summed E-state index contributed by atoms with van der Waals surface area (Å²) < 4.78 is 0. The van der Waals surface area contributed by atoms with E-state index in [9.17, 15) is 0 Å². The molecule has 0 aromatic heterocycles. The first kappa shape index (κ1) is 8.82. The smallest absolute Gasteiger partial charge is 0.0270 e. The van der Waals surface area contributed by atoms with Crippen molar-refractivity contribution in [2.75, 3.05) is 13.1 Å². The maximum atomic E-state index is 5.69. The lowest BCUT2D eigenvalue weighted by molar-refractivity contribution is 0.303. The molecule has 1 aliphatic heterocycles. The molecule has 0 radical (unpaired) electrons. The highest BCUT2D eigenvalue weighted by Gasteiger charge is 2.21. The van der Waals surface area contributed by atoms with Crippen molar-refractivity contribution < 1.29 is 0 Å². The SMILES string of the molecule is NC1=CC[C@H](C2CCCNC2)C=C1. The third kappa shape index (κ3) is 2.13. The Labute approximate surface area is 79.9 Å². The van der Waals surface area contributed by atoms with Crippen LogP contribution in [0.4, 0.5) is 0 Å². The second-order valence-corrected chi connectivity index (χ2v) is 4.07.